The molecule has 2 aromatic carbocycles. The number of hydrogen-bond acceptors (Lipinski definition) is 5. The molecule has 1 N–H and O–H groups in total. The number of para-hydroxylation sites is 1. The van der Waals surface area contributed by atoms with E-state index in [4.69, 9.17) is 0 Å². The summed E-state index contributed by atoms with van der Waals surface area (Å²) in [7, 11) is 0. The summed E-state index contributed by atoms with van der Waals surface area (Å²) in [5.41, 5.74) is 3.92. The van der Waals surface area contributed by atoms with E-state index in [1.54, 1.807) is 22.9 Å². The van der Waals surface area contributed by atoms with Gasteiger partial charge in [-0.25, -0.2) is 10.4 Å². The van der Waals surface area contributed by atoms with Gasteiger partial charge in [-0.1, -0.05) is 54.2 Å². The van der Waals surface area contributed by atoms with Crippen molar-refractivity contribution in [3.63, 3.8) is 0 Å². The minimum atomic E-state index is -0.257. The van der Waals surface area contributed by atoms with Gasteiger partial charge in [0.2, 0.25) is 0 Å². The highest BCUT2D eigenvalue weighted by atomic mass is 32.2. The number of carbonyl (C=O) groups is 1. The van der Waals surface area contributed by atoms with Crippen LogP contribution in [-0.2, 0) is 11.3 Å². The minimum Gasteiger partial charge on any atom is -0.287 e. The van der Waals surface area contributed by atoms with E-state index in [0.29, 0.717) is 22.6 Å². The molecule has 0 atom stereocenters. The number of nitrogens with zero attached hydrogens (tertiary/aromatic N) is 3. The molecule has 0 bridgehead atoms. The molecule has 0 aliphatic rings. The zero-order valence-electron chi connectivity index (χ0n) is 14.3. The monoisotopic (exact) mass is 366 g/mol. The molecule has 132 valence electrons. The molecular formula is C19H18N4O2S. The Bertz CT molecular complexity index is 999. The molecule has 3 rings (SSSR count). The van der Waals surface area contributed by atoms with E-state index in [0.717, 1.165) is 5.56 Å². The number of carbonyl (C=O) groups excluding carboxylic acids is 1. The molecule has 26 heavy (non-hydrogen) atoms. The summed E-state index contributed by atoms with van der Waals surface area (Å²) >= 11 is 1.22. The van der Waals surface area contributed by atoms with E-state index in [1.165, 1.54) is 11.8 Å². The Morgan fingerprint density at radius 1 is 1.19 bits per heavy atom. The number of hydrogen-bond donors (Lipinski definition) is 1. The first-order valence-corrected chi connectivity index (χ1v) is 9.17. The molecule has 3 aromatic rings. The summed E-state index contributed by atoms with van der Waals surface area (Å²) in [5.74, 6) is -0.135. The summed E-state index contributed by atoms with van der Waals surface area (Å²) < 4.78 is 1.58. The lowest BCUT2D eigenvalue weighted by Crippen LogP contribution is -2.24. The standard InChI is InChI=1S/C19H18N4O2S/c1-2-23-18(25)15-10-6-7-11-16(15)21-19(23)26-13-17(24)22-20-12-14-8-4-3-5-9-14/h3-12H,2,13H2,1H3,(H,22,24)/b20-12+. The zero-order valence-corrected chi connectivity index (χ0v) is 15.1. The molecule has 0 radical (unpaired) electrons. The van der Waals surface area contributed by atoms with E-state index >= 15 is 0 Å². The molecule has 0 saturated carbocycles. The number of nitrogens with one attached hydrogen (secondary N) is 1. The maximum absolute atomic E-state index is 12.5. The van der Waals surface area contributed by atoms with Crippen LogP contribution >= 0.6 is 11.8 Å². The normalized spacial score (nSPS) is 11.1. The lowest BCUT2D eigenvalue weighted by molar-refractivity contribution is -0.118. The van der Waals surface area contributed by atoms with Gasteiger partial charge in [-0.2, -0.15) is 5.10 Å². The number of fused-ring (bicyclic) bond motifs is 1. The molecule has 7 heteroatoms. The van der Waals surface area contributed by atoms with E-state index < -0.39 is 0 Å². The van der Waals surface area contributed by atoms with Gasteiger partial charge in [-0.3, -0.25) is 14.2 Å². The smallest absolute Gasteiger partial charge is 0.262 e. The second-order valence-corrected chi connectivity index (χ2v) is 6.40. The van der Waals surface area contributed by atoms with Crippen molar-refractivity contribution in [2.24, 2.45) is 5.10 Å². The van der Waals surface area contributed by atoms with Crippen LogP contribution < -0.4 is 11.0 Å². The molecule has 1 heterocycles. The molecule has 0 aliphatic carbocycles. The molecule has 0 aliphatic heterocycles. The van der Waals surface area contributed by atoms with Crippen LogP contribution in [0.2, 0.25) is 0 Å². The van der Waals surface area contributed by atoms with Gasteiger partial charge in [-0.05, 0) is 24.6 Å². The predicted molar refractivity (Wildman–Crippen MR) is 105 cm³/mol. The highest BCUT2D eigenvalue weighted by molar-refractivity contribution is 7.99. The largest absolute Gasteiger partial charge is 0.287 e. The molecular weight excluding hydrogens is 348 g/mol. The lowest BCUT2D eigenvalue weighted by Gasteiger charge is -2.10. The van der Waals surface area contributed by atoms with Gasteiger partial charge in [0, 0.05) is 6.54 Å². The minimum absolute atomic E-state index is 0.0943. The van der Waals surface area contributed by atoms with Crippen molar-refractivity contribution in [3.8, 4) is 0 Å². The summed E-state index contributed by atoms with van der Waals surface area (Å²) in [5, 5.41) is 5.04. The van der Waals surface area contributed by atoms with E-state index in [1.807, 2.05) is 49.4 Å². The second kappa shape index (κ2) is 8.44. The van der Waals surface area contributed by atoms with Crippen LogP contribution in [0.1, 0.15) is 12.5 Å². The third-order valence-electron chi connectivity index (χ3n) is 3.68. The van der Waals surface area contributed by atoms with Crippen molar-refractivity contribution in [2.45, 2.75) is 18.6 Å². The van der Waals surface area contributed by atoms with Crippen LogP contribution in [0, 0.1) is 0 Å². The van der Waals surface area contributed by atoms with Crippen molar-refractivity contribution in [1.82, 2.24) is 15.0 Å². The third-order valence-corrected chi connectivity index (χ3v) is 4.65. The first kappa shape index (κ1) is 17.9. The number of thioether (sulfide) groups is 1. The first-order valence-electron chi connectivity index (χ1n) is 8.18. The Hall–Kier alpha value is -2.93. The lowest BCUT2D eigenvalue weighted by atomic mass is 10.2. The Labute approximate surface area is 155 Å². The van der Waals surface area contributed by atoms with Crippen LogP contribution in [-0.4, -0.2) is 27.4 Å². The van der Waals surface area contributed by atoms with Gasteiger partial charge >= 0.3 is 0 Å². The van der Waals surface area contributed by atoms with Crippen molar-refractivity contribution in [3.05, 3.63) is 70.5 Å². The summed E-state index contributed by atoms with van der Waals surface area (Å²) in [4.78, 5) is 29.0. The van der Waals surface area contributed by atoms with Gasteiger partial charge < -0.3 is 0 Å². The Balaban J connectivity index is 1.68. The number of hydrazone groups is 1. The van der Waals surface area contributed by atoms with Crippen molar-refractivity contribution < 1.29 is 4.79 Å². The highest BCUT2D eigenvalue weighted by Crippen LogP contribution is 2.17. The molecule has 0 saturated heterocycles. The molecule has 0 unspecified atom stereocenters. The number of benzene rings is 2. The quantitative estimate of drug-likeness (QED) is 0.315. The summed E-state index contributed by atoms with van der Waals surface area (Å²) in [6.07, 6.45) is 1.58. The SMILES string of the molecule is CCn1c(SCC(=O)N/N=C/c2ccccc2)nc2ccccc2c1=O. The first-order chi connectivity index (χ1) is 12.7. The maximum atomic E-state index is 12.5. The van der Waals surface area contributed by atoms with Crippen molar-refractivity contribution in [2.75, 3.05) is 5.75 Å². The van der Waals surface area contributed by atoms with Gasteiger partial charge in [0.15, 0.2) is 5.16 Å². The van der Waals surface area contributed by atoms with Gasteiger partial charge in [0.1, 0.15) is 0 Å². The van der Waals surface area contributed by atoms with E-state index in [-0.39, 0.29) is 17.2 Å². The predicted octanol–water partition coefficient (Wildman–Crippen LogP) is 2.66. The topological polar surface area (TPSA) is 76.3 Å². The van der Waals surface area contributed by atoms with Crippen molar-refractivity contribution >= 4 is 34.8 Å². The van der Waals surface area contributed by atoms with E-state index in [2.05, 4.69) is 15.5 Å². The highest BCUT2D eigenvalue weighted by Gasteiger charge is 2.11. The second-order valence-electron chi connectivity index (χ2n) is 5.45. The maximum Gasteiger partial charge on any atom is 0.262 e. The number of aromatic nitrogens is 2. The molecule has 1 amide bonds. The van der Waals surface area contributed by atoms with Crippen LogP contribution in [0.3, 0.4) is 0 Å². The fraction of sp³-hybridized carbons (Fsp3) is 0.158. The van der Waals surface area contributed by atoms with Crippen LogP contribution in [0.15, 0.2) is 69.6 Å². The number of rotatable bonds is 6. The molecule has 0 spiro atoms. The van der Waals surface area contributed by atoms with Gasteiger partial charge in [0.25, 0.3) is 11.5 Å². The zero-order chi connectivity index (χ0) is 18.4. The van der Waals surface area contributed by atoms with E-state index in [9.17, 15) is 9.59 Å². The van der Waals surface area contributed by atoms with Crippen LogP contribution in [0.5, 0.6) is 0 Å². The molecule has 6 nitrogen and oxygen atoms in total. The molecule has 1 aromatic heterocycles. The Kier molecular flexibility index (Phi) is 5.80. The summed E-state index contributed by atoms with van der Waals surface area (Å²) in [6.45, 7) is 2.37. The van der Waals surface area contributed by atoms with Crippen LogP contribution in [0.25, 0.3) is 10.9 Å². The third kappa shape index (κ3) is 4.18. The summed E-state index contributed by atoms with van der Waals surface area (Å²) in [6, 6.07) is 16.7. The Morgan fingerprint density at radius 2 is 1.92 bits per heavy atom. The van der Waals surface area contributed by atoms with Crippen LogP contribution in [0.4, 0.5) is 0 Å². The van der Waals surface area contributed by atoms with Gasteiger partial charge in [-0.15, -0.1) is 0 Å². The fourth-order valence-electron chi connectivity index (χ4n) is 2.42. The van der Waals surface area contributed by atoms with Crippen molar-refractivity contribution in [1.29, 1.82) is 0 Å². The fourth-order valence-corrected chi connectivity index (χ4v) is 3.27. The number of amides is 1. The average molecular weight is 366 g/mol. The average Bonchev–Trinajstić information content (AvgIpc) is 2.67. The molecule has 0 fully saturated rings. The van der Waals surface area contributed by atoms with Gasteiger partial charge in [0.05, 0.1) is 22.9 Å². The Morgan fingerprint density at radius 3 is 2.69 bits per heavy atom.